The van der Waals surface area contributed by atoms with E-state index in [1.807, 2.05) is 41.8 Å². The predicted octanol–water partition coefficient (Wildman–Crippen LogP) is 5.54. The van der Waals surface area contributed by atoms with E-state index in [4.69, 9.17) is 0 Å². The quantitative estimate of drug-likeness (QED) is 0.551. The lowest BCUT2D eigenvalue weighted by atomic mass is 9.78. The average molecular weight is 438 g/mol. The summed E-state index contributed by atoms with van der Waals surface area (Å²) in [6, 6.07) is 17.2. The van der Waals surface area contributed by atoms with Gasteiger partial charge in [0.05, 0.1) is 0 Å². The standard InChI is InChI=1S/C25H28FN3OS/c1-29(2)23(19-9-6-10-20(26)15-19)17-11-13-21(14-12-17)27-24(30)22-16-31-25(28-22)18-7-4-3-5-8-18/h3-10,15-17,21,23H,11-14H2,1-2H3,(H,27,30). The number of amides is 1. The fourth-order valence-corrected chi connectivity index (χ4v) is 5.42. The number of nitrogens with zero attached hydrogens (tertiary/aromatic N) is 2. The highest BCUT2D eigenvalue weighted by atomic mass is 32.1. The molecule has 1 saturated carbocycles. The van der Waals surface area contributed by atoms with Gasteiger partial charge in [-0.2, -0.15) is 0 Å². The summed E-state index contributed by atoms with van der Waals surface area (Å²) in [5, 5.41) is 5.86. The Balaban J connectivity index is 1.35. The van der Waals surface area contributed by atoms with Crippen LogP contribution >= 0.6 is 11.3 Å². The molecule has 3 aromatic rings. The fourth-order valence-electron chi connectivity index (χ4n) is 4.61. The summed E-state index contributed by atoms with van der Waals surface area (Å²) in [5.74, 6) is 0.147. The van der Waals surface area contributed by atoms with Crippen LogP contribution in [0, 0.1) is 11.7 Å². The first kappa shape index (κ1) is 21.7. The third kappa shape index (κ3) is 5.20. The van der Waals surface area contributed by atoms with Crippen molar-refractivity contribution in [2.24, 2.45) is 5.92 Å². The molecule has 1 amide bonds. The molecule has 1 aliphatic carbocycles. The molecule has 6 heteroatoms. The summed E-state index contributed by atoms with van der Waals surface area (Å²) in [7, 11) is 4.10. The number of carbonyl (C=O) groups is 1. The molecule has 1 fully saturated rings. The van der Waals surface area contributed by atoms with Crippen molar-refractivity contribution in [3.8, 4) is 10.6 Å². The molecule has 1 aliphatic rings. The van der Waals surface area contributed by atoms with Gasteiger partial charge in [0.25, 0.3) is 5.91 Å². The van der Waals surface area contributed by atoms with Gasteiger partial charge < -0.3 is 10.2 Å². The van der Waals surface area contributed by atoms with Crippen molar-refractivity contribution >= 4 is 17.2 Å². The first-order chi connectivity index (χ1) is 15.0. The molecule has 0 saturated heterocycles. The maximum atomic E-state index is 13.8. The predicted molar refractivity (Wildman–Crippen MR) is 124 cm³/mol. The van der Waals surface area contributed by atoms with Crippen molar-refractivity contribution in [1.29, 1.82) is 0 Å². The van der Waals surface area contributed by atoms with E-state index in [1.54, 1.807) is 12.1 Å². The van der Waals surface area contributed by atoms with E-state index >= 15 is 0 Å². The maximum Gasteiger partial charge on any atom is 0.270 e. The van der Waals surface area contributed by atoms with Crippen molar-refractivity contribution in [2.75, 3.05) is 14.1 Å². The lowest BCUT2D eigenvalue weighted by Crippen LogP contribution is -2.40. The third-order valence-electron chi connectivity index (χ3n) is 6.06. The van der Waals surface area contributed by atoms with E-state index in [-0.39, 0.29) is 23.8 Å². The lowest BCUT2D eigenvalue weighted by Gasteiger charge is -2.37. The zero-order valence-electron chi connectivity index (χ0n) is 17.9. The molecule has 1 heterocycles. The van der Waals surface area contributed by atoms with Gasteiger partial charge in [0.2, 0.25) is 0 Å². The van der Waals surface area contributed by atoms with Crippen molar-refractivity contribution < 1.29 is 9.18 Å². The number of hydrogen-bond donors (Lipinski definition) is 1. The van der Waals surface area contributed by atoms with Crippen molar-refractivity contribution in [2.45, 2.75) is 37.8 Å². The molecule has 0 radical (unpaired) electrons. The van der Waals surface area contributed by atoms with Crippen LogP contribution in [0.25, 0.3) is 10.6 Å². The molecule has 1 atom stereocenters. The van der Waals surface area contributed by atoms with Crippen LogP contribution in [0.15, 0.2) is 60.0 Å². The Hall–Kier alpha value is -2.57. The Morgan fingerprint density at radius 1 is 1.10 bits per heavy atom. The minimum Gasteiger partial charge on any atom is -0.348 e. The molecule has 0 spiro atoms. The van der Waals surface area contributed by atoms with Crippen LogP contribution < -0.4 is 5.32 Å². The molecule has 0 aliphatic heterocycles. The molecule has 31 heavy (non-hydrogen) atoms. The summed E-state index contributed by atoms with van der Waals surface area (Å²) in [5.41, 5.74) is 2.53. The van der Waals surface area contributed by atoms with Crippen LogP contribution in [-0.4, -0.2) is 35.9 Å². The van der Waals surface area contributed by atoms with Gasteiger partial charge in [0, 0.05) is 23.0 Å². The number of carbonyl (C=O) groups excluding carboxylic acids is 1. The number of rotatable bonds is 6. The summed E-state index contributed by atoms with van der Waals surface area (Å²) in [6.45, 7) is 0. The summed E-state index contributed by atoms with van der Waals surface area (Å²) >= 11 is 1.49. The van der Waals surface area contributed by atoms with Gasteiger partial charge in [-0.25, -0.2) is 9.37 Å². The Bertz CT molecular complexity index is 1010. The molecule has 1 unspecified atom stereocenters. The minimum absolute atomic E-state index is 0.101. The van der Waals surface area contributed by atoms with Crippen LogP contribution in [0.5, 0.6) is 0 Å². The third-order valence-corrected chi connectivity index (χ3v) is 6.95. The molecule has 2 aromatic carbocycles. The van der Waals surface area contributed by atoms with E-state index in [2.05, 4.69) is 29.3 Å². The van der Waals surface area contributed by atoms with E-state index < -0.39 is 0 Å². The van der Waals surface area contributed by atoms with Crippen molar-refractivity contribution in [1.82, 2.24) is 15.2 Å². The Kier molecular flexibility index (Phi) is 6.78. The fraction of sp³-hybridized carbons (Fsp3) is 0.360. The topological polar surface area (TPSA) is 45.2 Å². The number of aromatic nitrogens is 1. The van der Waals surface area contributed by atoms with Crippen LogP contribution in [0.3, 0.4) is 0 Å². The number of thiazole rings is 1. The SMILES string of the molecule is CN(C)C(c1cccc(F)c1)C1CCC(NC(=O)c2csc(-c3ccccc3)n2)CC1. The second-order valence-corrected chi connectivity index (χ2v) is 9.31. The summed E-state index contributed by atoms with van der Waals surface area (Å²) in [4.78, 5) is 19.4. The Morgan fingerprint density at radius 2 is 1.84 bits per heavy atom. The van der Waals surface area contributed by atoms with Crippen LogP contribution in [0.4, 0.5) is 4.39 Å². The first-order valence-corrected chi connectivity index (χ1v) is 11.6. The zero-order valence-corrected chi connectivity index (χ0v) is 18.7. The van der Waals surface area contributed by atoms with Gasteiger partial charge in [0.1, 0.15) is 16.5 Å². The van der Waals surface area contributed by atoms with Gasteiger partial charge >= 0.3 is 0 Å². The minimum atomic E-state index is -0.191. The molecule has 0 bridgehead atoms. The van der Waals surface area contributed by atoms with Crippen LogP contribution in [0.1, 0.15) is 47.8 Å². The second-order valence-electron chi connectivity index (χ2n) is 8.45. The highest BCUT2D eigenvalue weighted by Crippen LogP contribution is 2.37. The number of benzene rings is 2. The van der Waals surface area contributed by atoms with Gasteiger partial charge in [-0.15, -0.1) is 11.3 Å². The largest absolute Gasteiger partial charge is 0.348 e. The molecule has 4 nitrogen and oxygen atoms in total. The van der Waals surface area contributed by atoms with E-state index in [1.165, 1.54) is 17.4 Å². The van der Waals surface area contributed by atoms with Crippen LogP contribution in [0.2, 0.25) is 0 Å². The molecule has 4 rings (SSSR count). The van der Waals surface area contributed by atoms with E-state index in [0.717, 1.165) is 41.8 Å². The van der Waals surface area contributed by atoms with Crippen LogP contribution in [-0.2, 0) is 0 Å². The van der Waals surface area contributed by atoms with Gasteiger partial charge in [0.15, 0.2) is 0 Å². The highest BCUT2D eigenvalue weighted by molar-refractivity contribution is 7.13. The second kappa shape index (κ2) is 9.71. The summed E-state index contributed by atoms with van der Waals surface area (Å²) in [6.07, 6.45) is 3.84. The number of nitrogens with one attached hydrogen (secondary N) is 1. The molecular formula is C25H28FN3OS. The normalized spacial score (nSPS) is 19.9. The van der Waals surface area contributed by atoms with Crippen molar-refractivity contribution in [3.63, 3.8) is 0 Å². The smallest absolute Gasteiger partial charge is 0.270 e. The van der Waals surface area contributed by atoms with Gasteiger partial charge in [-0.3, -0.25) is 4.79 Å². The van der Waals surface area contributed by atoms with E-state index in [9.17, 15) is 9.18 Å². The maximum absolute atomic E-state index is 13.8. The lowest BCUT2D eigenvalue weighted by molar-refractivity contribution is 0.0902. The number of hydrogen-bond acceptors (Lipinski definition) is 4. The van der Waals surface area contributed by atoms with Gasteiger partial charge in [-0.1, -0.05) is 42.5 Å². The van der Waals surface area contributed by atoms with E-state index in [0.29, 0.717) is 11.6 Å². The summed E-state index contributed by atoms with van der Waals surface area (Å²) < 4.78 is 13.8. The molecule has 162 valence electrons. The molecule has 1 N–H and O–H groups in total. The highest BCUT2D eigenvalue weighted by Gasteiger charge is 2.31. The van der Waals surface area contributed by atoms with Gasteiger partial charge in [-0.05, 0) is 63.4 Å². The Morgan fingerprint density at radius 3 is 2.52 bits per heavy atom. The first-order valence-electron chi connectivity index (χ1n) is 10.7. The Labute approximate surface area is 187 Å². The molecular weight excluding hydrogens is 409 g/mol. The number of halogens is 1. The molecule has 1 aromatic heterocycles. The zero-order chi connectivity index (χ0) is 21.8. The monoisotopic (exact) mass is 437 g/mol. The van der Waals surface area contributed by atoms with Crippen molar-refractivity contribution in [3.05, 3.63) is 77.1 Å². The average Bonchev–Trinajstić information content (AvgIpc) is 3.26.